The fraction of sp³-hybridized carbons (Fsp3) is 0.375. The Morgan fingerprint density at radius 1 is 1.20 bits per heavy atom. The Labute approximate surface area is 142 Å². The topological polar surface area (TPSA) is 12.0 Å². The molecule has 1 aromatic heterocycles. The smallest absolute Gasteiger partial charge is 0.0704 e. The van der Waals surface area contributed by atoms with E-state index in [1.54, 1.807) is 11.3 Å². The first-order chi connectivity index (χ1) is 9.54. The van der Waals surface area contributed by atoms with Crippen LogP contribution in [0.2, 0.25) is 0 Å². The summed E-state index contributed by atoms with van der Waals surface area (Å²) in [6.45, 7) is 7.59. The van der Waals surface area contributed by atoms with E-state index in [-0.39, 0.29) is 6.04 Å². The minimum atomic E-state index is 0.259. The van der Waals surface area contributed by atoms with Gasteiger partial charge in [0, 0.05) is 9.35 Å². The summed E-state index contributed by atoms with van der Waals surface area (Å²) in [6.07, 6.45) is 1.13. The van der Waals surface area contributed by atoms with Gasteiger partial charge in [0.15, 0.2) is 0 Å². The molecule has 0 radical (unpaired) electrons. The van der Waals surface area contributed by atoms with Gasteiger partial charge in [-0.2, -0.15) is 0 Å². The van der Waals surface area contributed by atoms with Crippen LogP contribution in [0.15, 0.2) is 32.5 Å². The van der Waals surface area contributed by atoms with Crippen molar-refractivity contribution in [2.24, 2.45) is 0 Å². The number of aryl methyl sites for hydroxylation is 1. The molecule has 0 aliphatic rings. The largest absolute Gasteiger partial charge is 0.306 e. The molecular weight excluding hydrogens is 398 g/mol. The number of nitrogens with one attached hydrogen (secondary N) is 1. The zero-order chi connectivity index (χ0) is 14.7. The molecule has 20 heavy (non-hydrogen) atoms. The molecule has 108 valence electrons. The molecule has 1 nitrogen and oxygen atoms in total. The van der Waals surface area contributed by atoms with E-state index in [1.165, 1.54) is 29.8 Å². The lowest BCUT2D eigenvalue weighted by Crippen LogP contribution is -2.24. The zero-order valence-electron chi connectivity index (χ0n) is 12.0. The lowest BCUT2D eigenvalue weighted by molar-refractivity contribution is 0.595. The molecule has 1 aromatic carbocycles. The predicted molar refractivity (Wildman–Crippen MR) is 95.8 cm³/mol. The standard InChI is InChI=1S/C16H19Br2NS/c1-4-8-19-16(13-9-15(18)20-11(13)3)12-6-5-7-14(17)10(12)2/h5-7,9,16,19H,4,8H2,1-3H3. The van der Waals surface area contributed by atoms with Crippen molar-refractivity contribution >= 4 is 43.2 Å². The highest BCUT2D eigenvalue weighted by Gasteiger charge is 2.20. The van der Waals surface area contributed by atoms with Crippen molar-refractivity contribution < 1.29 is 0 Å². The van der Waals surface area contributed by atoms with Gasteiger partial charge in [0.05, 0.1) is 9.83 Å². The predicted octanol–water partition coefficient (Wildman–Crippen LogP) is 5.98. The summed E-state index contributed by atoms with van der Waals surface area (Å²) in [5, 5.41) is 3.69. The van der Waals surface area contributed by atoms with Crippen LogP contribution in [0.25, 0.3) is 0 Å². The number of benzene rings is 1. The van der Waals surface area contributed by atoms with Crippen molar-refractivity contribution in [1.29, 1.82) is 0 Å². The van der Waals surface area contributed by atoms with Crippen LogP contribution in [0.5, 0.6) is 0 Å². The molecule has 2 aromatic rings. The van der Waals surface area contributed by atoms with E-state index in [9.17, 15) is 0 Å². The van der Waals surface area contributed by atoms with Crippen LogP contribution in [0.4, 0.5) is 0 Å². The van der Waals surface area contributed by atoms with Crippen molar-refractivity contribution in [1.82, 2.24) is 5.32 Å². The summed E-state index contributed by atoms with van der Waals surface area (Å²) in [7, 11) is 0. The SMILES string of the molecule is CCCNC(c1cc(Br)sc1C)c1cccc(Br)c1C. The summed E-state index contributed by atoms with van der Waals surface area (Å²) in [6, 6.07) is 8.94. The van der Waals surface area contributed by atoms with Crippen LogP contribution < -0.4 is 5.32 Å². The Morgan fingerprint density at radius 3 is 2.55 bits per heavy atom. The monoisotopic (exact) mass is 415 g/mol. The van der Waals surface area contributed by atoms with Gasteiger partial charge in [-0.15, -0.1) is 11.3 Å². The molecule has 0 fully saturated rings. The first kappa shape index (κ1) is 16.2. The Morgan fingerprint density at radius 2 is 1.95 bits per heavy atom. The quantitative estimate of drug-likeness (QED) is 0.632. The minimum absolute atomic E-state index is 0.259. The minimum Gasteiger partial charge on any atom is -0.306 e. The number of rotatable bonds is 5. The zero-order valence-corrected chi connectivity index (χ0v) is 16.0. The first-order valence-corrected chi connectivity index (χ1v) is 9.19. The summed E-state index contributed by atoms with van der Waals surface area (Å²) in [5.74, 6) is 0. The van der Waals surface area contributed by atoms with Crippen LogP contribution in [-0.4, -0.2) is 6.54 Å². The Hall–Kier alpha value is -0.160. The average molecular weight is 417 g/mol. The maximum Gasteiger partial charge on any atom is 0.0704 e. The second-order valence-electron chi connectivity index (χ2n) is 4.90. The molecule has 0 bridgehead atoms. The highest BCUT2D eigenvalue weighted by atomic mass is 79.9. The highest BCUT2D eigenvalue weighted by molar-refractivity contribution is 9.11. The number of hydrogen-bond donors (Lipinski definition) is 1. The Kier molecular flexibility index (Phi) is 5.84. The van der Waals surface area contributed by atoms with E-state index >= 15 is 0 Å². The molecule has 0 saturated heterocycles. The van der Waals surface area contributed by atoms with Gasteiger partial charge >= 0.3 is 0 Å². The second kappa shape index (κ2) is 7.21. The summed E-state index contributed by atoms with van der Waals surface area (Å²) in [4.78, 5) is 1.37. The van der Waals surface area contributed by atoms with Gasteiger partial charge in [-0.3, -0.25) is 0 Å². The molecule has 0 aliphatic carbocycles. The van der Waals surface area contributed by atoms with E-state index in [2.05, 4.69) is 82.2 Å². The lowest BCUT2D eigenvalue weighted by Gasteiger charge is -2.22. The molecule has 0 spiro atoms. The van der Waals surface area contributed by atoms with Gasteiger partial charge in [0.1, 0.15) is 0 Å². The summed E-state index contributed by atoms with van der Waals surface area (Å²) in [5.41, 5.74) is 4.03. The molecular formula is C16H19Br2NS. The Balaban J connectivity index is 2.47. The van der Waals surface area contributed by atoms with Gasteiger partial charge < -0.3 is 5.32 Å². The normalized spacial score (nSPS) is 12.7. The summed E-state index contributed by atoms with van der Waals surface area (Å²) < 4.78 is 2.37. The van der Waals surface area contributed by atoms with Crippen LogP contribution in [0.1, 0.15) is 41.0 Å². The van der Waals surface area contributed by atoms with Crippen molar-refractivity contribution in [3.8, 4) is 0 Å². The van der Waals surface area contributed by atoms with Crippen molar-refractivity contribution in [2.75, 3.05) is 6.54 Å². The fourth-order valence-corrected chi connectivity index (χ4v) is 4.49. The average Bonchev–Trinajstić information content (AvgIpc) is 2.74. The number of halogens is 2. The van der Waals surface area contributed by atoms with Crippen LogP contribution in [0.3, 0.4) is 0 Å². The molecule has 1 heterocycles. The van der Waals surface area contributed by atoms with Gasteiger partial charge in [0.25, 0.3) is 0 Å². The third-order valence-electron chi connectivity index (χ3n) is 3.46. The molecule has 0 saturated carbocycles. The Bertz CT molecular complexity index is 592. The number of thiophene rings is 1. The van der Waals surface area contributed by atoms with Crippen molar-refractivity contribution in [3.05, 3.63) is 54.1 Å². The van der Waals surface area contributed by atoms with Crippen LogP contribution >= 0.6 is 43.2 Å². The molecule has 4 heteroatoms. The molecule has 1 atom stereocenters. The van der Waals surface area contributed by atoms with Gasteiger partial charge in [-0.25, -0.2) is 0 Å². The van der Waals surface area contributed by atoms with Crippen LogP contribution in [0, 0.1) is 13.8 Å². The fourth-order valence-electron chi connectivity index (χ4n) is 2.36. The molecule has 0 amide bonds. The molecule has 2 rings (SSSR count). The third-order valence-corrected chi connectivity index (χ3v) is 5.88. The van der Waals surface area contributed by atoms with E-state index in [0.717, 1.165) is 13.0 Å². The van der Waals surface area contributed by atoms with Crippen molar-refractivity contribution in [2.45, 2.75) is 33.2 Å². The van der Waals surface area contributed by atoms with Crippen molar-refractivity contribution in [3.63, 3.8) is 0 Å². The van der Waals surface area contributed by atoms with E-state index < -0.39 is 0 Å². The second-order valence-corrected chi connectivity index (χ2v) is 8.39. The number of hydrogen-bond acceptors (Lipinski definition) is 2. The molecule has 0 aliphatic heterocycles. The van der Waals surface area contributed by atoms with Gasteiger partial charge in [-0.05, 0) is 71.6 Å². The summed E-state index contributed by atoms with van der Waals surface area (Å²) >= 11 is 9.05. The maximum absolute atomic E-state index is 3.69. The van der Waals surface area contributed by atoms with E-state index in [4.69, 9.17) is 0 Å². The molecule has 1 unspecified atom stereocenters. The third kappa shape index (κ3) is 3.53. The van der Waals surface area contributed by atoms with Gasteiger partial charge in [0.2, 0.25) is 0 Å². The highest BCUT2D eigenvalue weighted by Crippen LogP contribution is 2.36. The van der Waals surface area contributed by atoms with E-state index in [0.29, 0.717) is 0 Å². The first-order valence-electron chi connectivity index (χ1n) is 6.78. The molecule has 1 N–H and O–H groups in total. The lowest BCUT2D eigenvalue weighted by atomic mass is 9.95. The van der Waals surface area contributed by atoms with E-state index in [1.807, 2.05) is 0 Å². The van der Waals surface area contributed by atoms with Crippen LogP contribution in [-0.2, 0) is 0 Å². The van der Waals surface area contributed by atoms with Gasteiger partial charge in [-0.1, -0.05) is 35.0 Å². The maximum atomic E-state index is 3.69.